The van der Waals surface area contributed by atoms with Crippen LogP contribution < -0.4 is 14.9 Å². The molecule has 140 valence electrons. The predicted molar refractivity (Wildman–Crippen MR) is 99.4 cm³/mol. The van der Waals surface area contributed by atoms with Crippen LogP contribution in [0.15, 0.2) is 52.7 Å². The highest BCUT2D eigenvalue weighted by molar-refractivity contribution is 8.00. The van der Waals surface area contributed by atoms with Gasteiger partial charge in [-0.2, -0.15) is 4.98 Å². The van der Waals surface area contributed by atoms with Crippen molar-refractivity contribution < 1.29 is 17.9 Å². The molecule has 28 heavy (non-hydrogen) atoms. The van der Waals surface area contributed by atoms with Crippen molar-refractivity contribution >= 4 is 36.8 Å². The van der Waals surface area contributed by atoms with E-state index in [2.05, 4.69) is 19.9 Å². The van der Waals surface area contributed by atoms with Gasteiger partial charge in [-0.15, -0.1) is 4.91 Å². The minimum absolute atomic E-state index is 0.0645. The van der Waals surface area contributed by atoms with Crippen molar-refractivity contribution in [2.24, 2.45) is 5.18 Å². The van der Waals surface area contributed by atoms with E-state index in [1.54, 1.807) is 18.2 Å². The summed E-state index contributed by atoms with van der Waals surface area (Å²) >= 11 is 0.905. The second-order valence-electron chi connectivity index (χ2n) is 5.36. The zero-order valence-electron chi connectivity index (χ0n) is 14.0. The van der Waals surface area contributed by atoms with E-state index in [0.717, 1.165) is 30.3 Å². The van der Waals surface area contributed by atoms with Gasteiger partial charge in [-0.1, -0.05) is 17.6 Å². The summed E-state index contributed by atoms with van der Waals surface area (Å²) < 4.78 is 49.3. The molecule has 2 radical (unpaired) electrons. The number of nitrogens with one attached hydrogen (secondary N) is 1. The van der Waals surface area contributed by atoms with Crippen LogP contribution in [0.25, 0.3) is 0 Å². The number of rotatable bonds is 7. The Kier molecular flexibility index (Phi) is 6.14. The first-order chi connectivity index (χ1) is 13.5. The molecule has 0 saturated heterocycles. The van der Waals surface area contributed by atoms with Crippen LogP contribution in [-0.4, -0.2) is 17.8 Å². The van der Waals surface area contributed by atoms with Gasteiger partial charge >= 0.3 is 6.01 Å². The average Bonchev–Trinajstić information content (AvgIpc) is 2.67. The van der Waals surface area contributed by atoms with Crippen LogP contribution in [0.3, 0.4) is 0 Å². The highest BCUT2D eigenvalue weighted by atomic mass is 32.2. The number of anilines is 1. The molecule has 3 rings (SSSR count). The summed E-state index contributed by atoms with van der Waals surface area (Å²) in [6.07, 6.45) is 0.838. The second-order valence-corrected chi connectivity index (χ2v) is 6.21. The first-order valence-electron chi connectivity index (χ1n) is 7.72. The van der Waals surface area contributed by atoms with Crippen molar-refractivity contribution in [2.75, 3.05) is 4.72 Å². The van der Waals surface area contributed by atoms with E-state index >= 15 is 0 Å². The molecule has 0 aliphatic heterocycles. The Morgan fingerprint density at radius 1 is 1.14 bits per heavy atom. The Morgan fingerprint density at radius 3 is 2.57 bits per heavy atom. The Balaban J connectivity index is 1.72. The van der Waals surface area contributed by atoms with E-state index < -0.39 is 24.1 Å². The third-order valence-corrected chi connectivity index (χ3v) is 4.31. The van der Waals surface area contributed by atoms with Gasteiger partial charge in [0.05, 0.1) is 16.7 Å². The first kappa shape index (κ1) is 19.7. The van der Waals surface area contributed by atoms with Crippen LogP contribution in [0.5, 0.6) is 6.01 Å². The van der Waals surface area contributed by atoms with E-state index in [4.69, 9.17) is 12.6 Å². The van der Waals surface area contributed by atoms with Crippen LogP contribution in [-0.2, 0) is 6.61 Å². The zero-order chi connectivity index (χ0) is 20.1. The third-order valence-electron chi connectivity index (χ3n) is 3.45. The lowest BCUT2D eigenvalue weighted by atomic mass is 9.94. The summed E-state index contributed by atoms with van der Waals surface area (Å²) in [6.45, 7) is -0.520. The molecule has 0 bridgehead atoms. The summed E-state index contributed by atoms with van der Waals surface area (Å²) in [5.74, 6) is -2.80. The fourth-order valence-electron chi connectivity index (χ4n) is 2.11. The molecular weight excluding hydrogens is 392 g/mol. The van der Waals surface area contributed by atoms with Crippen molar-refractivity contribution in [3.8, 4) is 6.01 Å². The van der Waals surface area contributed by atoms with Gasteiger partial charge in [0.25, 0.3) is 0 Å². The highest BCUT2D eigenvalue weighted by Crippen LogP contribution is 2.30. The molecule has 0 atom stereocenters. The highest BCUT2D eigenvalue weighted by Gasteiger charge is 2.14. The minimum Gasteiger partial charge on any atom is -0.458 e. The zero-order valence-corrected chi connectivity index (χ0v) is 14.8. The van der Waals surface area contributed by atoms with Gasteiger partial charge in [0.1, 0.15) is 31.8 Å². The van der Waals surface area contributed by atoms with E-state index in [9.17, 15) is 18.1 Å². The molecule has 0 amide bonds. The lowest BCUT2D eigenvalue weighted by Crippen LogP contribution is -2.11. The number of nitrogens with zero attached hydrogens (tertiary/aromatic N) is 3. The van der Waals surface area contributed by atoms with Gasteiger partial charge < -0.3 is 9.46 Å². The quantitative estimate of drug-likeness (QED) is 0.368. The summed E-state index contributed by atoms with van der Waals surface area (Å²) in [5.41, 5.74) is -0.261. The van der Waals surface area contributed by atoms with Crippen LogP contribution in [0.1, 0.15) is 5.56 Å². The number of nitroso groups, excluding NO2 is 1. The number of halogens is 3. The van der Waals surface area contributed by atoms with Gasteiger partial charge in [-0.3, -0.25) is 0 Å². The Hall–Kier alpha value is -3.08. The maximum absolute atomic E-state index is 13.9. The van der Waals surface area contributed by atoms with E-state index in [1.807, 2.05) is 0 Å². The molecular formula is C17H10BF3N4O2S. The molecule has 0 aliphatic carbocycles. The molecule has 0 spiro atoms. The van der Waals surface area contributed by atoms with Crippen molar-refractivity contribution in [1.29, 1.82) is 0 Å². The van der Waals surface area contributed by atoms with Crippen LogP contribution in [0.4, 0.5) is 24.7 Å². The number of aromatic nitrogens is 2. The number of hydrogen-bond donors (Lipinski definition) is 1. The van der Waals surface area contributed by atoms with Gasteiger partial charge in [0, 0.05) is 0 Å². The molecule has 0 unspecified atom stereocenters. The average molecular weight is 402 g/mol. The summed E-state index contributed by atoms with van der Waals surface area (Å²) in [5, 5.41) is 2.87. The van der Waals surface area contributed by atoms with Crippen LogP contribution in [0.2, 0.25) is 0 Å². The number of benzene rings is 2. The largest absolute Gasteiger partial charge is 0.458 e. The second kappa shape index (κ2) is 8.74. The SMILES string of the molecule is [B]c1cc(F)c(COc2ncc(F)c(NSc3ccccc3N=O)n2)c(F)c1. The normalized spacial score (nSPS) is 10.5. The van der Waals surface area contributed by atoms with Crippen molar-refractivity contribution in [3.05, 3.63) is 70.5 Å². The smallest absolute Gasteiger partial charge is 0.318 e. The van der Waals surface area contributed by atoms with Gasteiger partial charge in [0.15, 0.2) is 11.6 Å². The molecule has 3 aromatic rings. The molecule has 6 nitrogen and oxygen atoms in total. The van der Waals surface area contributed by atoms with Gasteiger partial charge in [-0.05, 0) is 41.4 Å². The Labute approximate surface area is 163 Å². The van der Waals surface area contributed by atoms with E-state index in [-0.39, 0.29) is 28.5 Å². The minimum atomic E-state index is -0.883. The lowest BCUT2D eigenvalue weighted by molar-refractivity contribution is 0.269. The van der Waals surface area contributed by atoms with E-state index in [0.29, 0.717) is 4.90 Å². The fraction of sp³-hybridized carbons (Fsp3) is 0.0588. The molecule has 11 heteroatoms. The Morgan fingerprint density at radius 2 is 1.86 bits per heavy atom. The van der Waals surface area contributed by atoms with Crippen LogP contribution >= 0.6 is 11.9 Å². The van der Waals surface area contributed by atoms with Crippen molar-refractivity contribution in [2.45, 2.75) is 11.5 Å². The third kappa shape index (κ3) is 4.60. The summed E-state index contributed by atoms with van der Waals surface area (Å²) in [4.78, 5) is 18.7. The van der Waals surface area contributed by atoms with Gasteiger partial charge in [-0.25, -0.2) is 18.2 Å². The molecule has 0 fully saturated rings. The first-order valence-corrected chi connectivity index (χ1v) is 8.53. The summed E-state index contributed by atoms with van der Waals surface area (Å²) in [6, 6.07) is 8.02. The molecule has 1 heterocycles. The number of ether oxygens (including phenoxy) is 1. The predicted octanol–water partition coefficient (Wildman–Crippen LogP) is 3.78. The fourth-order valence-corrected chi connectivity index (χ4v) is 2.82. The monoisotopic (exact) mass is 402 g/mol. The maximum Gasteiger partial charge on any atom is 0.318 e. The van der Waals surface area contributed by atoms with Crippen LogP contribution in [0, 0.1) is 22.4 Å². The molecule has 0 aliphatic rings. The van der Waals surface area contributed by atoms with Crippen molar-refractivity contribution in [3.63, 3.8) is 0 Å². The molecule has 1 N–H and O–H groups in total. The summed E-state index contributed by atoms with van der Waals surface area (Å²) in [7, 11) is 5.35. The standard InChI is InChI=1S/C17H10BF3N4O2S/c18-9-5-11(19)10(12(20)6-9)8-27-17-22-7-13(21)16(23-17)25-28-15-4-2-1-3-14(15)24-26/h1-7H,8H2,(H,22,23,25). The lowest BCUT2D eigenvalue weighted by Gasteiger charge is -2.10. The molecule has 1 aromatic heterocycles. The number of hydrogen-bond acceptors (Lipinski definition) is 7. The maximum atomic E-state index is 13.9. The topological polar surface area (TPSA) is 76.5 Å². The Bertz CT molecular complexity index is 1000. The van der Waals surface area contributed by atoms with Gasteiger partial charge in [0.2, 0.25) is 0 Å². The molecule has 2 aromatic carbocycles. The van der Waals surface area contributed by atoms with Crippen molar-refractivity contribution in [1.82, 2.24) is 9.97 Å². The van der Waals surface area contributed by atoms with E-state index in [1.165, 1.54) is 6.07 Å². The molecule has 0 saturated carbocycles.